The van der Waals surface area contributed by atoms with Gasteiger partial charge in [0, 0.05) is 12.2 Å². The Labute approximate surface area is 149 Å². The van der Waals surface area contributed by atoms with Gasteiger partial charge in [-0.3, -0.25) is 14.5 Å². The van der Waals surface area contributed by atoms with Gasteiger partial charge < -0.3 is 15.0 Å². The Kier molecular flexibility index (Phi) is 6.04. The van der Waals surface area contributed by atoms with Gasteiger partial charge in [0.2, 0.25) is 5.91 Å². The van der Waals surface area contributed by atoms with Gasteiger partial charge in [-0.05, 0) is 44.0 Å². The van der Waals surface area contributed by atoms with E-state index in [1.54, 1.807) is 4.90 Å². The molecule has 0 aromatic heterocycles. The molecule has 2 saturated heterocycles. The predicted molar refractivity (Wildman–Crippen MR) is 96.2 cm³/mol. The van der Waals surface area contributed by atoms with Gasteiger partial charge in [-0.15, -0.1) is 0 Å². The maximum atomic E-state index is 12.6. The summed E-state index contributed by atoms with van der Waals surface area (Å²) in [5, 5.41) is 2.85. The van der Waals surface area contributed by atoms with Crippen LogP contribution in [0.2, 0.25) is 0 Å². The molecule has 1 aromatic rings. The number of likely N-dealkylation sites (tertiary alicyclic amines) is 1. The van der Waals surface area contributed by atoms with E-state index in [2.05, 4.69) is 17.1 Å². The zero-order valence-corrected chi connectivity index (χ0v) is 14.8. The van der Waals surface area contributed by atoms with Gasteiger partial charge in [0.1, 0.15) is 0 Å². The third-order valence-electron chi connectivity index (χ3n) is 4.99. The molecule has 2 aliphatic rings. The number of anilines is 1. The smallest absolute Gasteiger partial charge is 0.255 e. The fourth-order valence-corrected chi connectivity index (χ4v) is 3.29. The minimum Gasteiger partial charge on any atom is -0.365 e. The molecule has 25 heavy (non-hydrogen) atoms. The number of nitrogens with zero attached hydrogens (tertiary/aromatic N) is 2. The molecule has 0 aliphatic carbocycles. The molecular formula is C19H27N3O3. The number of benzene rings is 1. The van der Waals surface area contributed by atoms with Crippen molar-refractivity contribution in [3.8, 4) is 0 Å². The zero-order chi connectivity index (χ0) is 17.6. The molecule has 3 rings (SSSR count). The summed E-state index contributed by atoms with van der Waals surface area (Å²) in [6, 6.07) is 9.30. The van der Waals surface area contributed by atoms with Crippen molar-refractivity contribution in [3.05, 3.63) is 30.3 Å². The largest absolute Gasteiger partial charge is 0.365 e. The summed E-state index contributed by atoms with van der Waals surface area (Å²) in [6.07, 6.45) is 1.69. The molecule has 1 aromatic carbocycles. The van der Waals surface area contributed by atoms with Gasteiger partial charge >= 0.3 is 0 Å². The fraction of sp³-hybridized carbons (Fsp3) is 0.579. The minimum absolute atomic E-state index is 0.0929. The Morgan fingerprint density at radius 3 is 2.60 bits per heavy atom. The Morgan fingerprint density at radius 1 is 1.16 bits per heavy atom. The first-order valence-corrected chi connectivity index (χ1v) is 9.09. The van der Waals surface area contributed by atoms with Crippen LogP contribution in [-0.4, -0.2) is 67.0 Å². The molecule has 2 heterocycles. The van der Waals surface area contributed by atoms with E-state index in [1.807, 2.05) is 30.3 Å². The summed E-state index contributed by atoms with van der Waals surface area (Å²) in [7, 11) is 0. The molecule has 1 atom stereocenters. The van der Waals surface area contributed by atoms with Crippen molar-refractivity contribution in [1.29, 1.82) is 0 Å². The van der Waals surface area contributed by atoms with E-state index in [1.165, 1.54) is 0 Å². The highest BCUT2D eigenvalue weighted by atomic mass is 16.5. The van der Waals surface area contributed by atoms with E-state index < -0.39 is 6.10 Å². The molecule has 6 nitrogen and oxygen atoms in total. The number of carbonyl (C=O) groups is 2. The topological polar surface area (TPSA) is 61.9 Å². The maximum Gasteiger partial charge on any atom is 0.255 e. The highest BCUT2D eigenvalue weighted by Crippen LogP contribution is 2.16. The molecule has 0 unspecified atom stereocenters. The van der Waals surface area contributed by atoms with Crippen LogP contribution in [0.3, 0.4) is 0 Å². The molecule has 0 radical (unpaired) electrons. The second-order valence-corrected chi connectivity index (χ2v) is 7.01. The lowest BCUT2D eigenvalue weighted by atomic mass is 9.99. The van der Waals surface area contributed by atoms with Crippen LogP contribution >= 0.6 is 0 Å². The normalized spacial score (nSPS) is 22.6. The van der Waals surface area contributed by atoms with Gasteiger partial charge in [-0.1, -0.05) is 25.1 Å². The van der Waals surface area contributed by atoms with Crippen LogP contribution in [0.4, 0.5) is 5.69 Å². The van der Waals surface area contributed by atoms with Crippen molar-refractivity contribution in [3.63, 3.8) is 0 Å². The van der Waals surface area contributed by atoms with Crippen molar-refractivity contribution in [2.45, 2.75) is 25.9 Å². The van der Waals surface area contributed by atoms with E-state index in [0.29, 0.717) is 26.2 Å². The van der Waals surface area contributed by atoms with Gasteiger partial charge in [-0.25, -0.2) is 0 Å². The molecule has 136 valence electrons. The number of ether oxygens (including phenoxy) is 1. The molecular weight excluding hydrogens is 318 g/mol. The van der Waals surface area contributed by atoms with Crippen molar-refractivity contribution >= 4 is 17.5 Å². The number of amides is 2. The quantitative estimate of drug-likeness (QED) is 0.900. The average Bonchev–Trinajstić information content (AvgIpc) is 2.64. The highest BCUT2D eigenvalue weighted by molar-refractivity contribution is 5.94. The van der Waals surface area contributed by atoms with Crippen LogP contribution in [0.15, 0.2) is 30.3 Å². The number of rotatable bonds is 4. The number of hydrogen-bond acceptors (Lipinski definition) is 4. The first kappa shape index (κ1) is 17.9. The lowest BCUT2D eigenvalue weighted by molar-refractivity contribution is -0.145. The van der Waals surface area contributed by atoms with Gasteiger partial charge in [0.25, 0.3) is 5.91 Å². The average molecular weight is 345 g/mol. The van der Waals surface area contributed by atoms with Crippen LogP contribution in [0, 0.1) is 5.92 Å². The van der Waals surface area contributed by atoms with Gasteiger partial charge in [0.15, 0.2) is 6.10 Å². The van der Waals surface area contributed by atoms with E-state index >= 15 is 0 Å². The number of hydrogen-bond donors (Lipinski definition) is 1. The molecule has 1 N–H and O–H groups in total. The Bertz CT molecular complexity index is 585. The van der Waals surface area contributed by atoms with Crippen LogP contribution in [0.25, 0.3) is 0 Å². The fourth-order valence-electron chi connectivity index (χ4n) is 3.29. The SMILES string of the molecule is CC1CCN(CC(=O)N2CCO[C@@H](C(=O)Nc3ccccc3)C2)CC1. The van der Waals surface area contributed by atoms with Crippen molar-refractivity contribution in [2.75, 3.05) is 44.6 Å². The van der Waals surface area contributed by atoms with Crippen molar-refractivity contribution < 1.29 is 14.3 Å². The minimum atomic E-state index is -0.612. The maximum absolute atomic E-state index is 12.6. The summed E-state index contributed by atoms with van der Waals surface area (Å²) in [5.74, 6) is 0.645. The van der Waals surface area contributed by atoms with Gasteiger partial charge in [0.05, 0.1) is 19.7 Å². The van der Waals surface area contributed by atoms with E-state index in [-0.39, 0.29) is 11.8 Å². The third kappa shape index (κ3) is 5.03. The second-order valence-electron chi connectivity index (χ2n) is 7.01. The molecule has 6 heteroatoms. The van der Waals surface area contributed by atoms with Crippen LogP contribution in [-0.2, 0) is 14.3 Å². The van der Waals surface area contributed by atoms with Gasteiger partial charge in [-0.2, -0.15) is 0 Å². The molecule has 2 amide bonds. The summed E-state index contributed by atoms with van der Waals surface area (Å²) in [6.45, 7) is 5.94. The Hall–Kier alpha value is -1.92. The molecule has 0 spiro atoms. The zero-order valence-electron chi connectivity index (χ0n) is 14.8. The van der Waals surface area contributed by atoms with Crippen LogP contribution < -0.4 is 5.32 Å². The second kappa shape index (κ2) is 8.45. The molecule has 2 fully saturated rings. The van der Waals surface area contributed by atoms with E-state index in [9.17, 15) is 9.59 Å². The van der Waals surface area contributed by atoms with Crippen LogP contribution in [0.5, 0.6) is 0 Å². The van der Waals surface area contributed by atoms with E-state index in [0.717, 1.165) is 37.5 Å². The molecule has 2 aliphatic heterocycles. The number of nitrogens with one attached hydrogen (secondary N) is 1. The Balaban J connectivity index is 1.50. The summed E-state index contributed by atoms with van der Waals surface area (Å²) in [4.78, 5) is 28.9. The lowest BCUT2D eigenvalue weighted by Gasteiger charge is -2.35. The van der Waals surface area contributed by atoms with Crippen molar-refractivity contribution in [1.82, 2.24) is 9.80 Å². The lowest BCUT2D eigenvalue weighted by Crippen LogP contribution is -2.52. The summed E-state index contributed by atoms with van der Waals surface area (Å²) < 4.78 is 5.58. The first-order valence-electron chi connectivity index (χ1n) is 9.09. The van der Waals surface area contributed by atoms with E-state index in [4.69, 9.17) is 4.74 Å². The summed E-state index contributed by atoms with van der Waals surface area (Å²) in [5.41, 5.74) is 0.738. The number of carbonyl (C=O) groups excluding carboxylic acids is 2. The van der Waals surface area contributed by atoms with Crippen LogP contribution in [0.1, 0.15) is 19.8 Å². The third-order valence-corrected chi connectivity index (χ3v) is 4.99. The Morgan fingerprint density at radius 2 is 1.88 bits per heavy atom. The molecule has 0 saturated carbocycles. The number of piperidine rings is 1. The number of para-hydroxylation sites is 1. The first-order chi connectivity index (χ1) is 12.1. The standard InChI is InChI=1S/C19H27N3O3/c1-15-7-9-21(10-8-15)14-18(23)22-11-12-25-17(13-22)19(24)20-16-5-3-2-4-6-16/h2-6,15,17H,7-14H2,1H3,(H,20,24)/t17-/m1/s1. The predicted octanol–water partition coefficient (Wildman–Crippen LogP) is 1.58. The highest BCUT2D eigenvalue weighted by Gasteiger charge is 2.30. The molecule has 0 bridgehead atoms. The summed E-state index contributed by atoms with van der Waals surface area (Å²) >= 11 is 0. The monoisotopic (exact) mass is 345 g/mol. The van der Waals surface area contributed by atoms with Crippen molar-refractivity contribution in [2.24, 2.45) is 5.92 Å². The number of morpholine rings is 1.